The Labute approximate surface area is 121 Å². The van der Waals surface area contributed by atoms with Gasteiger partial charge in [-0.2, -0.15) is 0 Å². The molecule has 0 bridgehead atoms. The molecule has 1 N–H and O–H groups in total. The molecule has 0 saturated carbocycles. The maximum atomic E-state index is 12.5. The van der Waals surface area contributed by atoms with Crippen molar-refractivity contribution in [2.45, 2.75) is 39.0 Å². The van der Waals surface area contributed by atoms with Gasteiger partial charge in [0.25, 0.3) is 0 Å². The van der Waals surface area contributed by atoms with Crippen molar-refractivity contribution < 1.29 is 9.53 Å². The topological polar surface area (TPSA) is 41.6 Å². The van der Waals surface area contributed by atoms with Crippen molar-refractivity contribution in [2.75, 3.05) is 19.7 Å². The second kappa shape index (κ2) is 7.41. The van der Waals surface area contributed by atoms with Crippen LogP contribution in [0, 0.1) is 0 Å². The number of benzene rings is 1. The van der Waals surface area contributed by atoms with Gasteiger partial charge in [0.1, 0.15) is 0 Å². The summed E-state index contributed by atoms with van der Waals surface area (Å²) in [6, 6.07) is 10.3. The first-order chi connectivity index (χ1) is 9.66. The normalized spacial score (nSPS) is 19.1. The van der Waals surface area contributed by atoms with E-state index in [1.807, 2.05) is 23.1 Å². The van der Waals surface area contributed by atoms with Crippen LogP contribution in [0.1, 0.15) is 25.8 Å². The number of nitrogens with one attached hydrogen (secondary N) is 1. The van der Waals surface area contributed by atoms with E-state index in [0.717, 1.165) is 18.7 Å². The molecule has 4 heteroatoms. The van der Waals surface area contributed by atoms with Gasteiger partial charge in [-0.25, -0.2) is 0 Å². The highest BCUT2D eigenvalue weighted by molar-refractivity contribution is 5.77. The van der Waals surface area contributed by atoms with Crippen LogP contribution in [0.25, 0.3) is 0 Å². The largest absolute Gasteiger partial charge is 0.375 e. The fraction of sp³-hybridized carbons (Fsp3) is 0.562. The molecule has 1 aliphatic rings. The number of carbonyl (C=O) groups is 1. The monoisotopic (exact) mass is 276 g/mol. The van der Waals surface area contributed by atoms with E-state index in [2.05, 4.69) is 31.3 Å². The summed E-state index contributed by atoms with van der Waals surface area (Å²) in [7, 11) is 0. The highest BCUT2D eigenvalue weighted by Gasteiger charge is 2.23. The number of nitrogens with zero attached hydrogens (tertiary/aromatic N) is 1. The summed E-state index contributed by atoms with van der Waals surface area (Å²) < 4.78 is 5.62. The van der Waals surface area contributed by atoms with Gasteiger partial charge >= 0.3 is 0 Å². The van der Waals surface area contributed by atoms with Crippen molar-refractivity contribution in [3.8, 4) is 0 Å². The predicted molar refractivity (Wildman–Crippen MR) is 79.4 cm³/mol. The van der Waals surface area contributed by atoms with Crippen molar-refractivity contribution in [3.05, 3.63) is 35.9 Å². The minimum Gasteiger partial charge on any atom is -0.375 e. The second-order valence-corrected chi connectivity index (χ2v) is 5.50. The highest BCUT2D eigenvalue weighted by atomic mass is 16.5. The SMILES string of the molecule is CC(C)N(Cc1ccccc1)C(=O)CC1CNCCO1. The lowest BCUT2D eigenvalue weighted by Gasteiger charge is -2.30. The van der Waals surface area contributed by atoms with Gasteiger partial charge in [0, 0.05) is 25.7 Å². The molecule has 1 saturated heterocycles. The molecule has 2 rings (SSSR count). The van der Waals surface area contributed by atoms with Crippen LogP contribution in [0.3, 0.4) is 0 Å². The van der Waals surface area contributed by atoms with Crippen LogP contribution in [-0.4, -0.2) is 42.6 Å². The van der Waals surface area contributed by atoms with E-state index < -0.39 is 0 Å². The smallest absolute Gasteiger partial charge is 0.225 e. The first kappa shape index (κ1) is 15.0. The quantitative estimate of drug-likeness (QED) is 0.891. The Morgan fingerprint density at radius 1 is 1.40 bits per heavy atom. The molecule has 1 fully saturated rings. The standard InChI is InChI=1S/C16H24N2O2/c1-13(2)18(12-14-6-4-3-5-7-14)16(19)10-15-11-17-8-9-20-15/h3-7,13,15,17H,8-12H2,1-2H3. The molecular weight excluding hydrogens is 252 g/mol. The number of ether oxygens (including phenoxy) is 1. The molecule has 0 aromatic heterocycles. The maximum Gasteiger partial charge on any atom is 0.225 e. The van der Waals surface area contributed by atoms with E-state index in [-0.39, 0.29) is 18.1 Å². The lowest BCUT2D eigenvalue weighted by Crippen LogP contribution is -2.44. The van der Waals surface area contributed by atoms with Gasteiger partial charge in [0.05, 0.1) is 19.1 Å². The molecule has 110 valence electrons. The summed E-state index contributed by atoms with van der Waals surface area (Å²) in [6.07, 6.45) is 0.464. The van der Waals surface area contributed by atoms with E-state index in [4.69, 9.17) is 4.74 Å². The maximum absolute atomic E-state index is 12.5. The van der Waals surface area contributed by atoms with Crippen LogP contribution >= 0.6 is 0 Å². The van der Waals surface area contributed by atoms with Crippen LogP contribution < -0.4 is 5.32 Å². The first-order valence-corrected chi connectivity index (χ1v) is 7.32. The molecule has 0 radical (unpaired) electrons. The van der Waals surface area contributed by atoms with Gasteiger partial charge in [-0.3, -0.25) is 4.79 Å². The predicted octanol–water partition coefficient (Wildman–Crippen LogP) is 1.80. The molecule has 4 nitrogen and oxygen atoms in total. The fourth-order valence-electron chi connectivity index (χ4n) is 2.40. The number of morpholine rings is 1. The third-order valence-corrected chi connectivity index (χ3v) is 3.55. The van der Waals surface area contributed by atoms with Crippen molar-refractivity contribution in [3.63, 3.8) is 0 Å². The number of hydrogen-bond donors (Lipinski definition) is 1. The molecule has 1 amide bonds. The van der Waals surface area contributed by atoms with Gasteiger partial charge in [0.15, 0.2) is 0 Å². The van der Waals surface area contributed by atoms with Crippen molar-refractivity contribution in [1.82, 2.24) is 10.2 Å². The van der Waals surface area contributed by atoms with Crippen LogP contribution in [0.2, 0.25) is 0 Å². The van der Waals surface area contributed by atoms with E-state index in [1.165, 1.54) is 0 Å². The van der Waals surface area contributed by atoms with Gasteiger partial charge in [-0.05, 0) is 19.4 Å². The zero-order chi connectivity index (χ0) is 14.4. The van der Waals surface area contributed by atoms with Gasteiger partial charge < -0.3 is 15.0 Å². The van der Waals surface area contributed by atoms with E-state index in [9.17, 15) is 4.79 Å². The lowest BCUT2D eigenvalue weighted by molar-refractivity contribution is -0.137. The minimum atomic E-state index is 0.00766. The first-order valence-electron chi connectivity index (χ1n) is 7.32. The van der Waals surface area contributed by atoms with Crippen molar-refractivity contribution in [2.24, 2.45) is 0 Å². The van der Waals surface area contributed by atoms with Crippen LogP contribution in [0.4, 0.5) is 0 Å². The Bertz CT molecular complexity index is 414. The molecule has 20 heavy (non-hydrogen) atoms. The van der Waals surface area contributed by atoms with Gasteiger partial charge in [-0.1, -0.05) is 30.3 Å². The minimum absolute atomic E-state index is 0.00766. The van der Waals surface area contributed by atoms with Gasteiger partial charge in [0.2, 0.25) is 5.91 Å². The molecular formula is C16H24N2O2. The van der Waals surface area contributed by atoms with Crippen LogP contribution in [0.15, 0.2) is 30.3 Å². The lowest BCUT2D eigenvalue weighted by atomic mass is 10.1. The third-order valence-electron chi connectivity index (χ3n) is 3.55. The summed E-state index contributed by atoms with van der Waals surface area (Å²) in [5.74, 6) is 0.164. The Kier molecular flexibility index (Phi) is 5.56. The molecule has 0 spiro atoms. The van der Waals surface area contributed by atoms with Gasteiger partial charge in [-0.15, -0.1) is 0 Å². The summed E-state index contributed by atoms with van der Waals surface area (Å²) in [6.45, 7) is 7.11. The Morgan fingerprint density at radius 3 is 2.75 bits per heavy atom. The number of hydrogen-bond acceptors (Lipinski definition) is 3. The number of amides is 1. The molecule has 1 aromatic carbocycles. The molecule has 1 unspecified atom stereocenters. The van der Waals surface area contributed by atoms with Crippen molar-refractivity contribution >= 4 is 5.91 Å². The molecule has 0 aliphatic carbocycles. The number of carbonyl (C=O) groups excluding carboxylic acids is 1. The third kappa shape index (κ3) is 4.32. The average Bonchev–Trinajstić information content (AvgIpc) is 2.46. The summed E-state index contributed by atoms with van der Waals surface area (Å²) in [4.78, 5) is 14.4. The zero-order valence-electron chi connectivity index (χ0n) is 12.3. The summed E-state index contributed by atoms with van der Waals surface area (Å²) in [5.41, 5.74) is 1.16. The molecule has 1 aliphatic heterocycles. The molecule has 1 atom stereocenters. The summed E-state index contributed by atoms with van der Waals surface area (Å²) in [5, 5.41) is 3.26. The van der Waals surface area contributed by atoms with Crippen LogP contribution in [-0.2, 0) is 16.1 Å². The van der Waals surface area contributed by atoms with E-state index >= 15 is 0 Å². The van der Waals surface area contributed by atoms with Crippen molar-refractivity contribution in [1.29, 1.82) is 0 Å². The molecule has 1 aromatic rings. The Hall–Kier alpha value is -1.39. The average molecular weight is 276 g/mol. The number of rotatable bonds is 5. The summed E-state index contributed by atoms with van der Waals surface area (Å²) >= 11 is 0. The second-order valence-electron chi connectivity index (χ2n) is 5.50. The highest BCUT2D eigenvalue weighted by Crippen LogP contribution is 2.12. The van der Waals surface area contributed by atoms with E-state index in [0.29, 0.717) is 19.6 Å². The van der Waals surface area contributed by atoms with E-state index in [1.54, 1.807) is 0 Å². The Morgan fingerprint density at radius 2 is 2.15 bits per heavy atom. The molecule has 1 heterocycles. The fourth-order valence-corrected chi connectivity index (χ4v) is 2.40. The van der Waals surface area contributed by atoms with Crippen LogP contribution in [0.5, 0.6) is 0 Å². The zero-order valence-corrected chi connectivity index (χ0v) is 12.3. The Balaban J connectivity index is 1.95.